The number of aromatic nitrogens is 4. The van der Waals surface area contributed by atoms with Gasteiger partial charge in [-0.1, -0.05) is 0 Å². The smallest absolute Gasteiger partial charge is 0.264 e. The van der Waals surface area contributed by atoms with Crippen LogP contribution in [0.25, 0.3) is 22.4 Å². The largest absolute Gasteiger partial charge is 0.474 e. The van der Waals surface area contributed by atoms with E-state index in [1.165, 1.54) is 12.1 Å². The van der Waals surface area contributed by atoms with Crippen LogP contribution in [-0.4, -0.2) is 72.9 Å². The topological polar surface area (TPSA) is 122 Å². The van der Waals surface area contributed by atoms with Gasteiger partial charge in [-0.25, -0.2) is 22.2 Å². The number of fused-ring (bicyclic) bond motifs is 1. The van der Waals surface area contributed by atoms with E-state index >= 15 is 0 Å². The van der Waals surface area contributed by atoms with Crippen molar-refractivity contribution in [1.82, 2.24) is 25.1 Å². The molecule has 3 heterocycles. The Labute approximate surface area is 230 Å². The lowest BCUT2D eigenvalue weighted by Gasteiger charge is -2.31. The first-order valence-corrected chi connectivity index (χ1v) is 14.4. The fourth-order valence-corrected chi connectivity index (χ4v) is 5.82. The Hall–Kier alpha value is -3.68. The Balaban J connectivity index is 1.33. The summed E-state index contributed by atoms with van der Waals surface area (Å²) in [5, 5.41) is 7.95. The highest BCUT2D eigenvalue weighted by Crippen LogP contribution is 2.30. The molecule has 10 nitrogen and oxygen atoms in total. The molecule has 40 heavy (non-hydrogen) atoms. The number of nitrogens with one attached hydrogen (secondary N) is 2. The molecule has 0 aliphatic carbocycles. The molecule has 0 amide bonds. The maximum absolute atomic E-state index is 14.0. The highest BCUT2D eigenvalue weighted by molar-refractivity contribution is 7.92. The molecule has 4 aromatic rings. The van der Waals surface area contributed by atoms with Crippen molar-refractivity contribution in [3.8, 4) is 17.3 Å². The van der Waals surface area contributed by atoms with Crippen LogP contribution >= 0.6 is 0 Å². The summed E-state index contributed by atoms with van der Waals surface area (Å²) >= 11 is 0. The van der Waals surface area contributed by atoms with Crippen molar-refractivity contribution < 1.29 is 26.7 Å². The number of benzene rings is 2. The van der Waals surface area contributed by atoms with Crippen LogP contribution in [0.1, 0.15) is 25.0 Å². The van der Waals surface area contributed by atoms with Crippen LogP contribution in [0.4, 0.5) is 14.5 Å². The van der Waals surface area contributed by atoms with Gasteiger partial charge in [-0.15, -0.1) is 0 Å². The number of hydrogen-bond donors (Lipinski definition) is 2. The minimum atomic E-state index is -4.34. The second kappa shape index (κ2) is 11.8. The van der Waals surface area contributed by atoms with E-state index in [1.54, 1.807) is 19.2 Å². The van der Waals surface area contributed by atoms with Crippen LogP contribution < -0.4 is 9.46 Å². The molecule has 5 rings (SSSR count). The van der Waals surface area contributed by atoms with Crippen LogP contribution in [0.5, 0.6) is 5.88 Å². The Kier molecular flexibility index (Phi) is 8.24. The number of halogens is 2. The van der Waals surface area contributed by atoms with Gasteiger partial charge < -0.3 is 14.4 Å². The van der Waals surface area contributed by atoms with E-state index in [0.29, 0.717) is 34.4 Å². The predicted octanol–water partition coefficient (Wildman–Crippen LogP) is 4.29. The zero-order valence-electron chi connectivity index (χ0n) is 22.2. The van der Waals surface area contributed by atoms with Crippen molar-refractivity contribution >= 4 is 26.7 Å². The summed E-state index contributed by atoms with van der Waals surface area (Å²) in [5.74, 6) is -1.11. The second-order valence-electron chi connectivity index (χ2n) is 9.66. The van der Waals surface area contributed by atoms with E-state index in [0.717, 1.165) is 63.3 Å². The fourth-order valence-electron chi connectivity index (χ4n) is 4.67. The molecular formula is C27H30F2N6O4S. The quantitative estimate of drug-likeness (QED) is 0.270. The van der Waals surface area contributed by atoms with E-state index in [2.05, 4.69) is 24.8 Å². The summed E-state index contributed by atoms with van der Waals surface area (Å²) in [7, 11) is -2.63. The van der Waals surface area contributed by atoms with Gasteiger partial charge in [0, 0.05) is 50.3 Å². The number of aryl methyl sites for hydroxylation is 1. The average Bonchev–Trinajstić information content (AvgIpc) is 3.32. The molecule has 0 bridgehead atoms. The molecule has 0 atom stereocenters. The Morgan fingerprint density at radius 3 is 2.58 bits per heavy atom. The number of ether oxygens (including phenoxy) is 2. The van der Waals surface area contributed by atoms with Crippen molar-refractivity contribution in [2.24, 2.45) is 0 Å². The van der Waals surface area contributed by atoms with Gasteiger partial charge in [0.15, 0.2) is 11.5 Å². The molecule has 2 N–H and O–H groups in total. The van der Waals surface area contributed by atoms with Crippen LogP contribution in [-0.2, 0) is 14.8 Å². The third kappa shape index (κ3) is 6.21. The minimum absolute atomic E-state index is 0.000994. The number of sulfonamides is 1. The molecule has 1 fully saturated rings. The SMILES string of the molecule is COCCCN1CCC(Oc2nc(-c3ccc(NS(=O)(=O)c4cc(F)ccc4F)cc3)nc3n[nH]c(C)c23)CC1. The number of methoxy groups -OCH3 is 1. The van der Waals surface area contributed by atoms with Gasteiger partial charge in [0.05, 0.1) is 0 Å². The van der Waals surface area contributed by atoms with Gasteiger partial charge >= 0.3 is 0 Å². The lowest BCUT2D eigenvalue weighted by Crippen LogP contribution is -2.39. The molecule has 212 valence electrons. The summed E-state index contributed by atoms with van der Waals surface area (Å²) in [5.41, 5.74) is 2.02. The molecule has 13 heteroatoms. The summed E-state index contributed by atoms with van der Waals surface area (Å²) in [4.78, 5) is 10.9. The summed E-state index contributed by atoms with van der Waals surface area (Å²) in [6, 6.07) is 8.50. The van der Waals surface area contributed by atoms with Crippen molar-refractivity contribution in [3.63, 3.8) is 0 Å². The van der Waals surface area contributed by atoms with E-state index in [4.69, 9.17) is 14.5 Å². The van der Waals surface area contributed by atoms with Crippen molar-refractivity contribution in [2.45, 2.75) is 37.2 Å². The Morgan fingerprint density at radius 2 is 1.85 bits per heavy atom. The number of hydrogen-bond acceptors (Lipinski definition) is 8. The first kappa shape index (κ1) is 27.9. The van der Waals surface area contributed by atoms with Gasteiger partial charge in [-0.2, -0.15) is 10.1 Å². The van der Waals surface area contributed by atoms with Crippen molar-refractivity contribution in [3.05, 3.63) is 59.8 Å². The number of piperidine rings is 1. The zero-order chi connectivity index (χ0) is 28.3. The normalized spacial score (nSPS) is 15.0. The maximum atomic E-state index is 14.0. The predicted molar refractivity (Wildman–Crippen MR) is 146 cm³/mol. The third-order valence-electron chi connectivity index (χ3n) is 6.78. The molecular weight excluding hydrogens is 542 g/mol. The van der Waals surface area contributed by atoms with Crippen molar-refractivity contribution in [1.29, 1.82) is 0 Å². The fraction of sp³-hybridized carbons (Fsp3) is 0.370. The first-order valence-electron chi connectivity index (χ1n) is 12.9. The molecule has 1 aliphatic rings. The van der Waals surface area contributed by atoms with Crippen LogP contribution in [0.2, 0.25) is 0 Å². The van der Waals surface area contributed by atoms with Gasteiger partial charge in [0.2, 0.25) is 5.88 Å². The van der Waals surface area contributed by atoms with Crippen LogP contribution in [0, 0.1) is 18.6 Å². The standard InChI is InChI=1S/C27H30F2N6O4S/c1-17-24-26(33-32-17)30-25(31-27(24)39-21-10-13-35(14-11-21)12-3-15-38-2)18-4-7-20(8-5-18)34-40(36,37)23-16-19(28)6-9-22(23)29/h4-9,16,21,34H,3,10-15H2,1-2H3,(H,30,31,32,33). The van der Waals surface area contributed by atoms with Gasteiger partial charge in [0.25, 0.3) is 10.0 Å². The number of H-pyrrole nitrogens is 1. The highest BCUT2D eigenvalue weighted by Gasteiger charge is 2.24. The summed E-state index contributed by atoms with van der Waals surface area (Å²) in [6.07, 6.45) is 2.73. The van der Waals surface area contributed by atoms with E-state index in [-0.39, 0.29) is 11.8 Å². The molecule has 1 saturated heterocycles. The maximum Gasteiger partial charge on any atom is 0.264 e. The van der Waals surface area contributed by atoms with Gasteiger partial charge in [-0.3, -0.25) is 9.82 Å². The average molecular weight is 573 g/mol. The molecule has 2 aromatic carbocycles. The number of aromatic amines is 1. The molecule has 0 saturated carbocycles. The van der Waals surface area contributed by atoms with E-state index in [9.17, 15) is 17.2 Å². The van der Waals surface area contributed by atoms with Gasteiger partial charge in [-0.05, 0) is 68.7 Å². The number of anilines is 1. The number of rotatable bonds is 10. The van der Waals surface area contributed by atoms with Crippen LogP contribution in [0.15, 0.2) is 47.4 Å². The van der Waals surface area contributed by atoms with E-state index in [1.807, 2.05) is 6.92 Å². The number of nitrogens with zero attached hydrogens (tertiary/aromatic N) is 4. The molecule has 2 aromatic heterocycles. The molecule has 0 unspecified atom stereocenters. The Morgan fingerprint density at radius 1 is 1.10 bits per heavy atom. The molecule has 0 radical (unpaired) electrons. The number of likely N-dealkylation sites (tertiary alicyclic amines) is 1. The van der Waals surface area contributed by atoms with Crippen LogP contribution in [0.3, 0.4) is 0 Å². The molecule has 0 spiro atoms. The first-order chi connectivity index (χ1) is 19.2. The van der Waals surface area contributed by atoms with E-state index < -0.39 is 26.6 Å². The monoisotopic (exact) mass is 572 g/mol. The summed E-state index contributed by atoms with van der Waals surface area (Å²) < 4.78 is 66.6. The van der Waals surface area contributed by atoms with Gasteiger partial charge in [0.1, 0.15) is 28.0 Å². The van der Waals surface area contributed by atoms with Crippen molar-refractivity contribution in [2.75, 3.05) is 38.1 Å². The summed E-state index contributed by atoms with van der Waals surface area (Å²) in [6.45, 7) is 5.47. The second-order valence-corrected chi connectivity index (χ2v) is 11.3. The lowest BCUT2D eigenvalue weighted by atomic mass is 10.1. The minimum Gasteiger partial charge on any atom is -0.474 e. The highest BCUT2D eigenvalue weighted by atomic mass is 32.2. The zero-order valence-corrected chi connectivity index (χ0v) is 23.0. The third-order valence-corrected chi connectivity index (χ3v) is 8.17. The lowest BCUT2D eigenvalue weighted by molar-refractivity contribution is 0.0909. The Bertz CT molecular complexity index is 1590. The molecule has 1 aliphatic heterocycles.